The normalized spacial score (nSPS) is 14.3. The van der Waals surface area contributed by atoms with E-state index in [-0.39, 0.29) is 22.8 Å². The molecule has 178 valence electrons. The Morgan fingerprint density at radius 3 is 2.39 bits per heavy atom. The van der Waals surface area contributed by atoms with Gasteiger partial charge in [-0.3, -0.25) is 4.79 Å². The van der Waals surface area contributed by atoms with Crippen molar-refractivity contribution in [3.05, 3.63) is 53.1 Å². The lowest BCUT2D eigenvalue weighted by Crippen LogP contribution is -2.37. The van der Waals surface area contributed by atoms with E-state index in [1.165, 1.54) is 40.3 Å². The molecule has 1 aliphatic rings. The highest BCUT2D eigenvalue weighted by Gasteiger charge is 2.25. The van der Waals surface area contributed by atoms with E-state index in [1.54, 1.807) is 24.3 Å². The number of carbonyl (C=O) groups is 2. The van der Waals surface area contributed by atoms with Gasteiger partial charge in [0.1, 0.15) is 12.4 Å². The van der Waals surface area contributed by atoms with Crippen LogP contribution in [0.15, 0.2) is 41.3 Å². The standard InChI is InChI=1S/C23H28N2O7S/c1-16(26)17-5-8-22(30-4)18(13-17)15-32-23(27)20-14-19(33(28,29)24(2)3)6-7-21(20)25-9-11-31-12-10-25/h5-8,13-14H,9-12,15H2,1-4H3. The van der Waals surface area contributed by atoms with Gasteiger partial charge in [-0.25, -0.2) is 17.5 Å². The second-order valence-corrected chi connectivity index (χ2v) is 9.88. The summed E-state index contributed by atoms with van der Waals surface area (Å²) in [5.74, 6) is -0.325. The molecular weight excluding hydrogens is 448 g/mol. The van der Waals surface area contributed by atoms with Gasteiger partial charge in [0.05, 0.1) is 36.5 Å². The van der Waals surface area contributed by atoms with Crippen LogP contribution in [-0.2, 0) is 26.1 Å². The van der Waals surface area contributed by atoms with Gasteiger partial charge >= 0.3 is 5.97 Å². The van der Waals surface area contributed by atoms with Gasteiger partial charge < -0.3 is 19.1 Å². The number of ether oxygens (including phenoxy) is 3. The molecule has 0 aromatic heterocycles. The van der Waals surface area contributed by atoms with Gasteiger partial charge in [-0.15, -0.1) is 0 Å². The van der Waals surface area contributed by atoms with E-state index in [4.69, 9.17) is 14.2 Å². The third kappa shape index (κ3) is 5.52. The third-order valence-corrected chi connectivity index (χ3v) is 7.18. The number of morpholine rings is 1. The molecule has 0 saturated carbocycles. The molecule has 0 radical (unpaired) electrons. The Morgan fingerprint density at radius 1 is 1.09 bits per heavy atom. The number of hydrogen-bond donors (Lipinski definition) is 0. The summed E-state index contributed by atoms with van der Waals surface area (Å²) in [7, 11) is 0.594. The first-order valence-electron chi connectivity index (χ1n) is 10.4. The van der Waals surface area contributed by atoms with Crippen LogP contribution in [0.3, 0.4) is 0 Å². The SMILES string of the molecule is COc1ccc(C(C)=O)cc1COC(=O)c1cc(S(=O)(=O)N(C)C)ccc1N1CCOCC1. The zero-order chi connectivity index (χ0) is 24.2. The number of carbonyl (C=O) groups excluding carboxylic acids is 2. The zero-order valence-corrected chi connectivity index (χ0v) is 20.0. The maximum Gasteiger partial charge on any atom is 0.340 e. The fraction of sp³-hybridized carbons (Fsp3) is 0.391. The summed E-state index contributed by atoms with van der Waals surface area (Å²) < 4.78 is 42.7. The van der Waals surface area contributed by atoms with E-state index in [1.807, 2.05) is 4.90 Å². The van der Waals surface area contributed by atoms with Crippen molar-refractivity contribution in [3.63, 3.8) is 0 Å². The van der Waals surface area contributed by atoms with E-state index in [0.29, 0.717) is 48.9 Å². The first-order valence-corrected chi connectivity index (χ1v) is 11.8. The first kappa shape index (κ1) is 24.7. The van der Waals surface area contributed by atoms with E-state index in [2.05, 4.69) is 0 Å². The van der Waals surface area contributed by atoms with Crippen LogP contribution in [0, 0.1) is 0 Å². The van der Waals surface area contributed by atoms with E-state index >= 15 is 0 Å². The minimum absolute atomic E-state index is 0.00684. The predicted octanol–water partition coefficient (Wildman–Crippen LogP) is 2.34. The lowest BCUT2D eigenvalue weighted by molar-refractivity contribution is 0.0469. The maximum atomic E-state index is 13.2. The van der Waals surface area contributed by atoms with Crippen LogP contribution in [0.5, 0.6) is 5.75 Å². The number of esters is 1. The summed E-state index contributed by atoms with van der Waals surface area (Å²) in [6.07, 6.45) is 0. The Kier molecular flexibility index (Phi) is 7.72. The lowest BCUT2D eigenvalue weighted by atomic mass is 10.1. The number of anilines is 1. The van der Waals surface area contributed by atoms with Gasteiger partial charge in [-0.1, -0.05) is 0 Å². The third-order valence-electron chi connectivity index (χ3n) is 5.36. The number of sulfonamides is 1. The monoisotopic (exact) mass is 476 g/mol. The molecule has 0 spiro atoms. The average Bonchev–Trinajstić information content (AvgIpc) is 2.82. The van der Waals surface area contributed by atoms with Crippen molar-refractivity contribution < 1.29 is 32.2 Å². The summed E-state index contributed by atoms with van der Waals surface area (Å²) in [5.41, 5.74) is 1.71. The Bertz CT molecular complexity index is 1140. The quantitative estimate of drug-likeness (QED) is 0.423. The molecule has 3 rings (SSSR count). The molecule has 33 heavy (non-hydrogen) atoms. The second kappa shape index (κ2) is 10.3. The highest BCUT2D eigenvalue weighted by molar-refractivity contribution is 7.89. The van der Waals surface area contributed by atoms with Gasteiger partial charge in [0.2, 0.25) is 10.0 Å². The van der Waals surface area contributed by atoms with Crippen LogP contribution in [0.4, 0.5) is 5.69 Å². The van der Waals surface area contributed by atoms with E-state index in [0.717, 1.165) is 4.31 Å². The minimum atomic E-state index is -3.75. The molecule has 9 nitrogen and oxygen atoms in total. The largest absolute Gasteiger partial charge is 0.496 e. The van der Waals surface area contributed by atoms with Gasteiger partial charge in [0, 0.05) is 38.3 Å². The highest BCUT2D eigenvalue weighted by atomic mass is 32.2. The number of Topliss-reactive ketones (excluding diaryl/α,β-unsaturated/α-hetero) is 1. The van der Waals surface area contributed by atoms with Gasteiger partial charge in [-0.2, -0.15) is 0 Å². The Hall–Kier alpha value is -2.95. The maximum absolute atomic E-state index is 13.2. The van der Waals surface area contributed by atoms with E-state index < -0.39 is 16.0 Å². The van der Waals surface area contributed by atoms with Crippen LogP contribution in [0.2, 0.25) is 0 Å². The summed E-state index contributed by atoms with van der Waals surface area (Å²) in [5, 5.41) is 0. The molecular formula is C23H28N2O7S. The Morgan fingerprint density at radius 2 is 1.79 bits per heavy atom. The molecule has 0 bridgehead atoms. The van der Waals surface area contributed by atoms with E-state index in [9.17, 15) is 18.0 Å². The van der Waals surface area contributed by atoms with Gasteiger partial charge in [0.25, 0.3) is 0 Å². The summed E-state index contributed by atoms with van der Waals surface area (Å²) in [6, 6.07) is 9.34. The molecule has 1 saturated heterocycles. The molecule has 0 amide bonds. The van der Waals surface area contributed by atoms with Crippen molar-refractivity contribution in [2.24, 2.45) is 0 Å². The number of benzene rings is 2. The average molecular weight is 477 g/mol. The second-order valence-electron chi connectivity index (χ2n) is 7.72. The van der Waals surface area contributed by atoms with Crippen LogP contribution in [0.1, 0.15) is 33.2 Å². The first-order chi connectivity index (χ1) is 15.6. The fourth-order valence-electron chi connectivity index (χ4n) is 3.46. The lowest BCUT2D eigenvalue weighted by Gasteiger charge is -2.30. The van der Waals surface area contributed by atoms with Crippen LogP contribution in [0.25, 0.3) is 0 Å². The number of hydrogen-bond acceptors (Lipinski definition) is 8. The molecule has 0 N–H and O–H groups in total. The van der Waals surface area contributed by atoms with Gasteiger partial charge in [0.15, 0.2) is 5.78 Å². The van der Waals surface area contributed by atoms with Crippen LogP contribution in [-0.4, -0.2) is 72.0 Å². The minimum Gasteiger partial charge on any atom is -0.496 e. The number of nitrogens with zero attached hydrogens (tertiary/aromatic N) is 2. The molecule has 0 unspecified atom stereocenters. The molecule has 1 aliphatic heterocycles. The molecule has 2 aromatic carbocycles. The summed E-state index contributed by atoms with van der Waals surface area (Å²) in [6.45, 7) is 3.44. The molecule has 0 aliphatic carbocycles. The number of ketones is 1. The van der Waals surface area contributed by atoms with Crippen molar-refractivity contribution in [2.75, 3.05) is 52.4 Å². The topological polar surface area (TPSA) is 102 Å². The van der Waals surface area contributed by atoms with Crippen molar-refractivity contribution >= 4 is 27.5 Å². The Labute approximate surface area is 193 Å². The van der Waals surface area contributed by atoms with Crippen molar-refractivity contribution in [1.82, 2.24) is 4.31 Å². The highest BCUT2D eigenvalue weighted by Crippen LogP contribution is 2.28. The molecule has 0 atom stereocenters. The molecule has 1 heterocycles. The molecule has 10 heteroatoms. The number of methoxy groups -OCH3 is 1. The zero-order valence-electron chi connectivity index (χ0n) is 19.2. The van der Waals surface area contributed by atoms with Crippen LogP contribution < -0.4 is 9.64 Å². The summed E-state index contributed by atoms with van der Waals surface area (Å²) in [4.78, 5) is 26.8. The predicted molar refractivity (Wildman–Crippen MR) is 122 cm³/mol. The Balaban J connectivity index is 1.95. The number of rotatable bonds is 8. The summed E-state index contributed by atoms with van der Waals surface area (Å²) >= 11 is 0. The van der Waals surface area contributed by atoms with Gasteiger partial charge in [-0.05, 0) is 43.3 Å². The fourth-order valence-corrected chi connectivity index (χ4v) is 4.39. The molecule has 2 aromatic rings. The molecule has 1 fully saturated rings. The van der Waals surface area contributed by atoms with Crippen molar-refractivity contribution in [1.29, 1.82) is 0 Å². The van der Waals surface area contributed by atoms with Crippen molar-refractivity contribution in [2.45, 2.75) is 18.4 Å². The van der Waals surface area contributed by atoms with Crippen LogP contribution >= 0.6 is 0 Å². The smallest absolute Gasteiger partial charge is 0.340 e. The van der Waals surface area contributed by atoms with Crippen molar-refractivity contribution in [3.8, 4) is 5.75 Å².